The number of carbonyl (C=O) groups is 2. The van der Waals surface area contributed by atoms with Crippen molar-refractivity contribution < 1.29 is 18.0 Å². The van der Waals surface area contributed by atoms with Crippen molar-refractivity contribution in [2.75, 3.05) is 10.8 Å². The Balaban J connectivity index is 1.82. The van der Waals surface area contributed by atoms with Gasteiger partial charge in [0.2, 0.25) is 11.8 Å². The monoisotopic (exact) mass is 645 g/mol. The Morgan fingerprint density at radius 3 is 2.18 bits per heavy atom. The van der Waals surface area contributed by atoms with Crippen LogP contribution >= 0.6 is 11.6 Å². The minimum absolute atomic E-state index is 0.0432. The predicted octanol–water partition coefficient (Wildman–Crippen LogP) is 6.71. The minimum atomic E-state index is -4.20. The summed E-state index contributed by atoms with van der Waals surface area (Å²) in [4.78, 5) is 30.0. The van der Waals surface area contributed by atoms with Crippen LogP contribution in [-0.2, 0) is 32.6 Å². The highest BCUT2D eigenvalue weighted by Gasteiger charge is 2.35. The van der Waals surface area contributed by atoms with Gasteiger partial charge in [-0.2, -0.15) is 0 Å². The molecule has 9 heteroatoms. The van der Waals surface area contributed by atoms with E-state index in [4.69, 9.17) is 11.6 Å². The molecule has 2 amide bonds. The van der Waals surface area contributed by atoms with Crippen LogP contribution in [0.1, 0.15) is 42.5 Å². The van der Waals surface area contributed by atoms with Gasteiger partial charge in [0.05, 0.1) is 10.6 Å². The molecule has 0 fully saturated rings. The van der Waals surface area contributed by atoms with E-state index in [9.17, 15) is 18.0 Å². The van der Waals surface area contributed by atoms with E-state index in [1.165, 1.54) is 23.1 Å². The first-order valence-corrected chi connectivity index (χ1v) is 16.8. The summed E-state index contributed by atoms with van der Waals surface area (Å²) in [5.41, 5.74) is 3.84. The van der Waals surface area contributed by atoms with E-state index in [-0.39, 0.29) is 35.5 Å². The van der Waals surface area contributed by atoms with Crippen molar-refractivity contribution >= 4 is 39.1 Å². The van der Waals surface area contributed by atoms with E-state index < -0.39 is 28.5 Å². The van der Waals surface area contributed by atoms with Gasteiger partial charge in [0.1, 0.15) is 12.6 Å². The molecule has 7 nitrogen and oxygen atoms in total. The summed E-state index contributed by atoms with van der Waals surface area (Å²) in [6.45, 7) is 7.29. The Bertz CT molecular complexity index is 1710. The lowest BCUT2D eigenvalue weighted by Gasteiger charge is -2.34. The number of amides is 2. The molecule has 0 saturated heterocycles. The Morgan fingerprint density at radius 1 is 0.867 bits per heavy atom. The zero-order valence-electron chi connectivity index (χ0n) is 26.1. The van der Waals surface area contributed by atoms with Gasteiger partial charge in [-0.3, -0.25) is 13.9 Å². The predicted molar refractivity (Wildman–Crippen MR) is 181 cm³/mol. The lowest BCUT2D eigenvalue weighted by atomic mass is 10.0. The molecule has 0 spiro atoms. The average Bonchev–Trinajstić information content (AvgIpc) is 3.02. The molecular weight excluding hydrogens is 606 g/mol. The molecule has 4 aromatic rings. The van der Waals surface area contributed by atoms with E-state index in [0.717, 1.165) is 26.6 Å². The third kappa shape index (κ3) is 8.74. The smallest absolute Gasteiger partial charge is 0.264 e. The normalized spacial score (nSPS) is 12.6. The Hall–Kier alpha value is -4.14. The Labute approximate surface area is 271 Å². The topological polar surface area (TPSA) is 86.8 Å². The number of sulfonamides is 1. The standard InChI is InChI=1S/C36H40ClN3O4S/c1-5-28(4)38-36(42)34(22-29-13-7-6-8-14-29)39(24-30-15-10-9-12-27(30)3)35(41)25-40(32-17-11-16-31(37)23-32)45(43,44)33-20-18-26(2)19-21-33/h6-21,23,28,34H,5,22,24-25H2,1-4H3,(H,38,42)/t28-,34+/m1/s1. The average molecular weight is 646 g/mol. The zero-order valence-corrected chi connectivity index (χ0v) is 27.7. The van der Waals surface area contributed by atoms with Gasteiger partial charge in [0, 0.05) is 24.0 Å². The maximum atomic E-state index is 14.6. The fourth-order valence-corrected chi connectivity index (χ4v) is 6.55. The van der Waals surface area contributed by atoms with E-state index >= 15 is 0 Å². The van der Waals surface area contributed by atoms with Crippen LogP contribution in [0.15, 0.2) is 108 Å². The first-order valence-electron chi connectivity index (χ1n) is 15.0. The van der Waals surface area contributed by atoms with Crippen LogP contribution in [0, 0.1) is 13.8 Å². The van der Waals surface area contributed by atoms with Crippen LogP contribution in [-0.4, -0.2) is 43.8 Å². The number of anilines is 1. The Morgan fingerprint density at radius 2 is 1.53 bits per heavy atom. The quantitative estimate of drug-likeness (QED) is 0.175. The second-order valence-corrected chi connectivity index (χ2v) is 13.6. The van der Waals surface area contributed by atoms with E-state index in [0.29, 0.717) is 11.4 Å². The zero-order chi connectivity index (χ0) is 32.6. The fourth-order valence-electron chi connectivity index (χ4n) is 4.96. The van der Waals surface area contributed by atoms with Crippen LogP contribution in [0.4, 0.5) is 5.69 Å². The number of hydrogen-bond acceptors (Lipinski definition) is 4. The van der Waals surface area contributed by atoms with Crippen molar-refractivity contribution in [2.24, 2.45) is 0 Å². The Kier molecular flexibility index (Phi) is 11.4. The maximum Gasteiger partial charge on any atom is 0.264 e. The summed E-state index contributed by atoms with van der Waals surface area (Å²) in [7, 11) is -4.20. The van der Waals surface area contributed by atoms with Crippen LogP contribution in [0.5, 0.6) is 0 Å². The molecule has 4 aromatic carbocycles. The van der Waals surface area contributed by atoms with E-state index in [1.54, 1.807) is 30.3 Å². The third-order valence-corrected chi connectivity index (χ3v) is 9.88. The lowest BCUT2D eigenvalue weighted by Crippen LogP contribution is -2.54. The van der Waals surface area contributed by atoms with E-state index in [1.807, 2.05) is 82.3 Å². The largest absolute Gasteiger partial charge is 0.352 e. The number of benzene rings is 4. The van der Waals surface area contributed by atoms with Crippen LogP contribution in [0.3, 0.4) is 0 Å². The molecular formula is C36H40ClN3O4S. The van der Waals surface area contributed by atoms with Crippen molar-refractivity contribution in [3.8, 4) is 0 Å². The first kappa shape index (κ1) is 33.7. The number of nitrogens with zero attached hydrogens (tertiary/aromatic N) is 2. The molecule has 0 bridgehead atoms. The molecule has 0 unspecified atom stereocenters. The van der Waals surface area contributed by atoms with Gasteiger partial charge in [0.15, 0.2) is 0 Å². The van der Waals surface area contributed by atoms with Gasteiger partial charge < -0.3 is 10.2 Å². The summed E-state index contributed by atoms with van der Waals surface area (Å²) in [6.07, 6.45) is 0.968. The fraction of sp³-hybridized carbons (Fsp3) is 0.278. The molecule has 0 aliphatic carbocycles. The van der Waals surface area contributed by atoms with Gasteiger partial charge >= 0.3 is 0 Å². The molecule has 1 N–H and O–H groups in total. The van der Waals surface area contributed by atoms with Crippen LogP contribution in [0.25, 0.3) is 0 Å². The van der Waals surface area contributed by atoms with Gasteiger partial charge in [-0.25, -0.2) is 8.42 Å². The number of carbonyl (C=O) groups excluding carboxylic acids is 2. The molecule has 0 aromatic heterocycles. The SMILES string of the molecule is CC[C@@H](C)NC(=O)[C@H](Cc1ccccc1)N(Cc1ccccc1C)C(=O)CN(c1cccc(Cl)c1)S(=O)(=O)c1ccc(C)cc1. The minimum Gasteiger partial charge on any atom is -0.352 e. The lowest BCUT2D eigenvalue weighted by molar-refractivity contribution is -0.140. The summed E-state index contributed by atoms with van der Waals surface area (Å²) < 4.78 is 29.3. The molecule has 0 aliphatic heterocycles. The van der Waals surface area contributed by atoms with Crippen LogP contribution < -0.4 is 9.62 Å². The number of hydrogen-bond donors (Lipinski definition) is 1. The summed E-state index contributed by atoms with van der Waals surface area (Å²) in [6, 6.07) is 29.0. The number of rotatable bonds is 13. The van der Waals surface area contributed by atoms with E-state index in [2.05, 4.69) is 5.32 Å². The molecule has 0 aliphatic rings. The van der Waals surface area contributed by atoms with Gasteiger partial charge in [-0.05, 0) is 74.2 Å². The summed E-state index contributed by atoms with van der Waals surface area (Å²) >= 11 is 6.30. The highest BCUT2D eigenvalue weighted by molar-refractivity contribution is 7.92. The molecule has 0 heterocycles. The van der Waals surface area contributed by atoms with Gasteiger partial charge in [-0.1, -0.05) is 96.9 Å². The summed E-state index contributed by atoms with van der Waals surface area (Å²) in [5.74, 6) is -0.819. The van der Waals surface area contributed by atoms with Crippen molar-refractivity contribution in [1.82, 2.24) is 10.2 Å². The number of halogens is 1. The second kappa shape index (κ2) is 15.2. The summed E-state index contributed by atoms with van der Waals surface area (Å²) in [5, 5.41) is 3.39. The second-order valence-electron chi connectivity index (χ2n) is 11.3. The maximum absolute atomic E-state index is 14.6. The molecule has 4 rings (SSSR count). The van der Waals surface area contributed by atoms with Crippen molar-refractivity contribution in [1.29, 1.82) is 0 Å². The highest BCUT2D eigenvalue weighted by Crippen LogP contribution is 2.27. The molecule has 2 atom stereocenters. The van der Waals surface area contributed by atoms with Gasteiger partial charge in [-0.15, -0.1) is 0 Å². The molecule has 0 saturated carbocycles. The van der Waals surface area contributed by atoms with Crippen molar-refractivity contribution in [3.05, 3.63) is 130 Å². The molecule has 0 radical (unpaired) electrons. The van der Waals surface area contributed by atoms with Crippen molar-refractivity contribution in [2.45, 2.75) is 64.1 Å². The highest BCUT2D eigenvalue weighted by atomic mass is 35.5. The number of aryl methyl sites for hydroxylation is 2. The molecule has 236 valence electrons. The molecule has 45 heavy (non-hydrogen) atoms. The third-order valence-electron chi connectivity index (χ3n) is 7.86. The van der Waals surface area contributed by atoms with Crippen LogP contribution in [0.2, 0.25) is 5.02 Å². The van der Waals surface area contributed by atoms with Gasteiger partial charge in [0.25, 0.3) is 10.0 Å². The first-order chi connectivity index (χ1) is 21.5. The van der Waals surface area contributed by atoms with Crippen molar-refractivity contribution in [3.63, 3.8) is 0 Å². The number of nitrogens with one attached hydrogen (secondary N) is 1.